The van der Waals surface area contributed by atoms with Crippen LogP contribution in [-0.4, -0.2) is 71.3 Å². The lowest BCUT2D eigenvalue weighted by Crippen LogP contribution is -2.45. The van der Waals surface area contributed by atoms with E-state index in [4.69, 9.17) is 13.5 Å². The van der Waals surface area contributed by atoms with Crippen LogP contribution in [0.5, 0.6) is 0 Å². The van der Waals surface area contributed by atoms with Crippen LogP contribution >= 0.6 is 7.60 Å². The minimum atomic E-state index is -3.68. The minimum Gasteiger partial charge on any atom is -0.413 e. The Morgan fingerprint density at radius 3 is 2.11 bits per heavy atom. The van der Waals surface area contributed by atoms with E-state index in [0.29, 0.717) is 22.5 Å². The highest BCUT2D eigenvalue weighted by Crippen LogP contribution is 2.50. The summed E-state index contributed by atoms with van der Waals surface area (Å²) in [6, 6.07) is 5.63. The molecule has 0 fully saturated rings. The van der Waals surface area contributed by atoms with Crippen molar-refractivity contribution in [1.29, 1.82) is 0 Å². The standard InChI is InChI=1S/C31H49FN3O7PSSi/c1-12-40-43(37,41-13-2)21-26(42-45(10,11)31(5,6)7)20-25(36)18-19-27-28(22(3)4)33-30(35(8)44(9,38)39)34-29(27)23-14-16-24(32)17-15-23/h14-19,22,26H,12-13,20-21H2,1-11H3/b19-18+/t26-/m0/s1. The Morgan fingerprint density at radius 2 is 1.64 bits per heavy atom. The van der Waals surface area contributed by atoms with Gasteiger partial charge in [-0.2, -0.15) is 0 Å². The Kier molecular flexibility index (Phi) is 13.4. The van der Waals surface area contributed by atoms with E-state index in [0.717, 1.165) is 10.6 Å². The molecule has 0 saturated heterocycles. The molecule has 0 aliphatic rings. The van der Waals surface area contributed by atoms with Crippen molar-refractivity contribution in [1.82, 2.24) is 9.97 Å². The summed E-state index contributed by atoms with van der Waals surface area (Å²) in [7, 11) is -8.25. The molecule has 1 aromatic carbocycles. The highest BCUT2D eigenvalue weighted by Gasteiger charge is 2.41. The van der Waals surface area contributed by atoms with Crippen molar-refractivity contribution < 1.29 is 35.6 Å². The maximum absolute atomic E-state index is 13.8. The number of rotatable bonds is 16. The molecule has 0 unspecified atom stereocenters. The molecular formula is C31H49FN3O7PSSi. The van der Waals surface area contributed by atoms with E-state index in [1.165, 1.54) is 37.4 Å². The lowest BCUT2D eigenvalue weighted by molar-refractivity contribution is -0.115. The number of hydrogen-bond donors (Lipinski definition) is 0. The number of anilines is 1. The van der Waals surface area contributed by atoms with Gasteiger partial charge >= 0.3 is 7.60 Å². The van der Waals surface area contributed by atoms with Crippen LogP contribution in [-0.2, 0) is 32.9 Å². The smallest absolute Gasteiger partial charge is 0.333 e. The number of ketones is 1. The summed E-state index contributed by atoms with van der Waals surface area (Å²) < 4.78 is 70.6. The molecule has 0 spiro atoms. The molecule has 45 heavy (non-hydrogen) atoms. The third kappa shape index (κ3) is 10.9. The molecule has 14 heteroatoms. The summed E-state index contributed by atoms with van der Waals surface area (Å²) in [6.07, 6.45) is 3.16. The summed E-state index contributed by atoms with van der Waals surface area (Å²) in [5, 5.41) is -0.167. The molecule has 1 aromatic heterocycles. The first-order valence-corrected chi connectivity index (χ1v) is 21.5. The van der Waals surface area contributed by atoms with Gasteiger partial charge in [0.25, 0.3) is 0 Å². The van der Waals surface area contributed by atoms with Crippen LogP contribution < -0.4 is 4.31 Å². The fraction of sp³-hybridized carbons (Fsp3) is 0.581. The van der Waals surface area contributed by atoms with Crippen molar-refractivity contribution in [2.24, 2.45) is 0 Å². The first-order valence-electron chi connectivity index (χ1n) is 15.0. The zero-order valence-electron chi connectivity index (χ0n) is 28.4. The number of aromatic nitrogens is 2. The largest absolute Gasteiger partial charge is 0.413 e. The molecular weight excluding hydrogens is 636 g/mol. The molecule has 2 aromatic rings. The zero-order valence-corrected chi connectivity index (χ0v) is 31.1. The van der Waals surface area contributed by atoms with Gasteiger partial charge in [-0.05, 0) is 74.3 Å². The Balaban J connectivity index is 2.63. The lowest BCUT2D eigenvalue weighted by atomic mass is 9.97. The number of sulfonamides is 1. The van der Waals surface area contributed by atoms with Crippen molar-refractivity contribution in [2.45, 2.75) is 85.0 Å². The van der Waals surface area contributed by atoms with Gasteiger partial charge in [0.05, 0.1) is 43.1 Å². The molecule has 252 valence electrons. The first kappa shape index (κ1) is 38.9. The molecule has 10 nitrogen and oxygen atoms in total. The number of hydrogen-bond acceptors (Lipinski definition) is 9. The third-order valence-corrected chi connectivity index (χ3v) is 15.5. The van der Waals surface area contributed by atoms with Crippen molar-refractivity contribution >= 4 is 43.7 Å². The molecule has 0 saturated carbocycles. The number of nitrogens with zero attached hydrogens (tertiary/aromatic N) is 3. The van der Waals surface area contributed by atoms with Crippen LogP contribution in [0.3, 0.4) is 0 Å². The molecule has 0 aliphatic carbocycles. The summed E-state index contributed by atoms with van der Waals surface area (Å²) in [4.78, 5) is 22.6. The molecule has 2 rings (SSSR count). The van der Waals surface area contributed by atoms with E-state index in [2.05, 4.69) is 43.8 Å². The summed E-state index contributed by atoms with van der Waals surface area (Å²) in [6.45, 7) is 18.0. The first-order chi connectivity index (χ1) is 20.6. The van der Waals surface area contributed by atoms with Crippen LogP contribution in [0.2, 0.25) is 18.1 Å². The van der Waals surface area contributed by atoms with Gasteiger partial charge in [-0.1, -0.05) is 34.6 Å². The van der Waals surface area contributed by atoms with Crippen molar-refractivity contribution in [3.8, 4) is 11.3 Å². The average molecular weight is 686 g/mol. The molecule has 0 bridgehead atoms. The number of allylic oxidation sites excluding steroid dienone is 1. The molecule has 1 atom stereocenters. The molecule has 0 N–H and O–H groups in total. The van der Waals surface area contributed by atoms with Crippen LogP contribution in [0.4, 0.5) is 10.3 Å². The van der Waals surface area contributed by atoms with Crippen molar-refractivity contribution in [3.63, 3.8) is 0 Å². The van der Waals surface area contributed by atoms with Gasteiger partial charge in [0.1, 0.15) is 5.82 Å². The minimum absolute atomic E-state index is 0.0468. The SMILES string of the molecule is CCOP(=O)(C[C@H](CC(=O)/C=C/c1c(-c2ccc(F)cc2)nc(N(C)S(C)(=O)=O)nc1C(C)C)O[Si](C)(C)C(C)(C)C)OCC. The van der Waals surface area contributed by atoms with Crippen LogP contribution in [0, 0.1) is 5.82 Å². The highest BCUT2D eigenvalue weighted by molar-refractivity contribution is 7.92. The van der Waals surface area contributed by atoms with Gasteiger partial charge in [-0.15, -0.1) is 0 Å². The molecule has 1 heterocycles. The van der Waals surface area contributed by atoms with Crippen molar-refractivity contribution in [3.05, 3.63) is 47.4 Å². The average Bonchev–Trinajstić information content (AvgIpc) is 2.90. The maximum Gasteiger partial charge on any atom is 0.333 e. The zero-order chi connectivity index (χ0) is 34.4. The second kappa shape index (κ2) is 15.5. The van der Waals surface area contributed by atoms with Crippen LogP contribution in [0.1, 0.15) is 72.1 Å². The van der Waals surface area contributed by atoms with E-state index in [-0.39, 0.29) is 48.5 Å². The van der Waals surface area contributed by atoms with E-state index in [1.54, 1.807) is 19.9 Å². The summed E-state index contributed by atoms with van der Waals surface area (Å²) in [5.74, 6) is -0.974. The predicted octanol–water partition coefficient (Wildman–Crippen LogP) is 7.43. The Labute approximate surface area is 269 Å². The second-order valence-electron chi connectivity index (χ2n) is 12.7. The van der Waals surface area contributed by atoms with E-state index in [9.17, 15) is 22.2 Å². The lowest BCUT2D eigenvalue weighted by Gasteiger charge is -2.39. The molecule has 0 aliphatic heterocycles. The van der Waals surface area contributed by atoms with E-state index < -0.39 is 37.9 Å². The van der Waals surface area contributed by atoms with Gasteiger partial charge in [-0.25, -0.2) is 27.1 Å². The second-order valence-corrected chi connectivity index (χ2v) is 21.6. The van der Waals surface area contributed by atoms with Crippen molar-refractivity contribution in [2.75, 3.05) is 37.0 Å². The quantitative estimate of drug-likeness (QED) is 0.101. The fourth-order valence-electron chi connectivity index (χ4n) is 4.19. The summed E-state index contributed by atoms with van der Waals surface area (Å²) >= 11 is 0. The number of carbonyl (C=O) groups excluding carboxylic acids is 1. The number of carbonyl (C=O) groups is 1. The third-order valence-electron chi connectivity index (χ3n) is 7.62. The maximum atomic E-state index is 13.8. The Bertz CT molecular complexity index is 1500. The van der Waals surface area contributed by atoms with Crippen LogP contribution in [0.25, 0.3) is 17.3 Å². The molecule has 0 radical (unpaired) electrons. The van der Waals surface area contributed by atoms with Gasteiger partial charge in [0, 0.05) is 24.6 Å². The monoisotopic (exact) mass is 685 g/mol. The fourth-order valence-corrected chi connectivity index (χ4v) is 7.83. The van der Waals surface area contributed by atoms with Gasteiger partial charge in [-0.3, -0.25) is 9.36 Å². The summed E-state index contributed by atoms with van der Waals surface area (Å²) in [5.41, 5.74) is 1.86. The van der Waals surface area contributed by atoms with E-state index >= 15 is 0 Å². The van der Waals surface area contributed by atoms with Crippen LogP contribution in [0.15, 0.2) is 30.3 Å². The Hall–Kier alpha value is -2.28. The van der Waals surface area contributed by atoms with Gasteiger partial charge < -0.3 is 13.5 Å². The normalized spacial score (nSPS) is 13.9. The van der Waals surface area contributed by atoms with E-state index in [1.807, 2.05) is 13.8 Å². The molecule has 0 amide bonds. The van der Waals surface area contributed by atoms with Gasteiger partial charge in [0.15, 0.2) is 14.1 Å². The topological polar surface area (TPSA) is 125 Å². The van der Waals surface area contributed by atoms with Gasteiger partial charge in [0.2, 0.25) is 16.0 Å². The number of benzene rings is 1. The predicted molar refractivity (Wildman–Crippen MR) is 181 cm³/mol. The number of halogens is 1. The highest BCUT2D eigenvalue weighted by atomic mass is 32.2. The Morgan fingerprint density at radius 1 is 1.09 bits per heavy atom.